The van der Waals surface area contributed by atoms with Crippen LogP contribution in [-0.2, 0) is 14.4 Å². The van der Waals surface area contributed by atoms with Crippen LogP contribution >= 0.6 is 0 Å². The number of carbonyl (C=O) groups excluding carboxylic acids is 2. The Bertz CT molecular complexity index is 607. The van der Waals surface area contributed by atoms with Gasteiger partial charge in [-0.3, -0.25) is 15.0 Å². The van der Waals surface area contributed by atoms with Crippen LogP contribution < -0.4 is 10.9 Å². The number of amides is 1. The third-order valence-electron chi connectivity index (χ3n) is 4.31. The number of carbonyl (C=O) groups is 2. The largest absolute Gasteiger partial charge is 0.394 e. The minimum atomic E-state index is -2.05. The minimum absolute atomic E-state index is 0.356. The first-order valence-corrected chi connectivity index (χ1v) is 8.82. The van der Waals surface area contributed by atoms with Gasteiger partial charge in [0.05, 0.1) is 17.7 Å². The molecule has 0 spiro atoms. The van der Waals surface area contributed by atoms with E-state index in [2.05, 4.69) is 10.9 Å². The summed E-state index contributed by atoms with van der Waals surface area (Å²) in [5.41, 5.74) is 4.13. The Morgan fingerprint density at radius 1 is 1.18 bits per heavy atom. The second-order valence-corrected chi connectivity index (χ2v) is 7.98. The van der Waals surface area contributed by atoms with E-state index in [9.17, 15) is 30.0 Å². The number of hydrogen-bond donors (Lipinski definition) is 7. The average Bonchev–Trinajstić information content (AvgIpc) is 2.59. The van der Waals surface area contributed by atoms with Gasteiger partial charge in [0.25, 0.3) is 5.91 Å². The van der Waals surface area contributed by atoms with E-state index in [1.165, 1.54) is 6.92 Å². The van der Waals surface area contributed by atoms with Gasteiger partial charge < -0.3 is 35.8 Å². The van der Waals surface area contributed by atoms with Crippen molar-refractivity contribution in [1.29, 1.82) is 0 Å². The van der Waals surface area contributed by atoms with Crippen molar-refractivity contribution in [1.82, 2.24) is 15.9 Å². The maximum Gasteiger partial charge on any atom is 0.322 e. The van der Waals surface area contributed by atoms with E-state index in [0.29, 0.717) is 12.1 Å². The molecule has 0 saturated heterocycles. The van der Waals surface area contributed by atoms with Gasteiger partial charge in [-0.15, -0.1) is 5.06 Å². The summed E-state index contributed by atoms with van der Waals surface area (Å²) in [6.07, 6.45) is -5.58. The van der Waals surface area contributed by atoms with Gasteiger partial charge in [0, 0.05) is 19.0 Å². The van der Waals surface area contributed by atoms with Crippen LogP contribution in [0.5, 0.6) is 0 Å². The molecule has 4 unspecified atom stereocenters. The summed E-state index contributed by atoms with van der Waals surface area (Å²) in [6, 6.07) is 0. The summed E-state index contributed by atoms with van der Waals surface area (Å²) >= 11 is 0. The lowest BCUT2D eigenvalue weighted by Crippen LogP contribution is -2.60. The van der Waals surface area contributed by atoms with Gasteiger partial charge >= 0.3 is 5.97 Å². The van der Waals surface area contributed by atoms with Crippen LogP contribution in [0.2, 0.25) is 0 Å². The predicted octanol–water partition coefficient (Wildman–Crippen LogP) is -2.33. The molecule has 162 valence electrons. The second-order valence-electron chi connectivity index (χ2n) is 7.98. The third-order valence-corrected chi connectivity index (χ3v) is 4.31. The van der Waals surface area contributed by atoms with Crippen molar-refractivity contribution in [2.75, 3.05) is 6.61 Å². The summed E-state index contributed by atoms with van der Waals surface area (Å²) in [6.45, 7) is 7.77. The molecule has 11 nitrogen and oxygen atoms in total. The normalized spacial score (nSPS) is 23.0. The van der Waals surface area contributed by atoms with Gasteiger partial charge in [0.2, 0.25) is 0 Å². The van der Waals surface area contributed by atoms with Gasteiger partial charge in [-0.2, -0.15) is 0 Å². The quantitative estimate of drug-likeness (QED) is 0.217. The third kappa shape index (κ3) is 5.87. The van der Waals surface area contributed by atoms with E-state index in [1.807, 2.05) is 27.7 Å². The van der Waals surface area contributed by atoms with E-state index in [1.54, 1.807) is 11.1 Å². The zero-order valence-corrected chi connectivity index (χ0v) is 16.7. The van der Waals surface area contributed by atoms with Crippen molar-refractivity contribution in [3.05, 3.63) is 11.8 Å². The smallest absolute Gasteiger partial charge is 0.322 e. The van der Waals surface area contributed by atoms with E-state index in [4.69, 9.17) is 9.94 Å². The molecule has 1 aliphatic heterocycles. The molecule has 0 bridgehead atoms. The fraction of sp³-hybridized carbons (Fsp3) is 0.765. The number of hydroxylamine groups is 2. The fourth-order valence-electron chi connectivity index (χ4n) is 3.20. The van der Waals surface area contributed by atoms with Crippen LogP contribution in [0.25, 0.3) is 0 Å². The number of nitrogens with one attached hydrogen (secondary N) is 2. The van der Waals surface area contributed by atoms with Crippen molar-refractivity contribution < 1.29 is 40.0 Å². The molecule has 1 heterocycles. The molecule has 4 atom stereocenters. The van der Waals surface area contributed by atoms with Crippen LogP contribution in [-0.4, -0.2) is 84.6 Å². The molecule has 11 heteroatoms. The zero-order chi connectivity index (χ0) is 21.9. The monoisotopic (exact) mass is 405 g/mol. The second kappa shape index (κ2) is 9.16. The lowest BCUT2D eigenvalue weighted by Gasteiger charge is -2.48. The zero-order valence-electron chi connectivity index (χ0n) is 16.7. The standard InChI is InChI=1S/C17H31N3O8/c1-9(22)28-20-16(2,3)6-10(7-17(20,4)5)18-19-15(27)14(26)13(25)12(24)11(23)8-21/h6,11-14,18,21,23-26H,7-8H2,1-5H3,(H,19,27). The topological polar surface area (TPSA) is 172 Å². The number of aliphatic hydroxyl groups is 5. The number of rotatable bonds is 8. The Labute approximate surface area is 163 Å². The van der Waals surface area contributed by atoms with Crippen molar-refractivity contribution in [3.8, 4) is 0 Å². The Morgan fingerprint density at radius 2 is 1.75 bits per heavy atom. The van der Waals surface area contributed by atoms with E-state index in [0.717, 1.165) is 0 Å². The van der Waals surface area contributed by atoms with Crippen LogP contribution in [0, 0.1) is 0 Å². The first kappa shape index (κ1) is 24.3. The van der Waals surface area contributed by atoms with E-state index in [-0.39, 0.29) is 0 Å². The van der Waals surface area contributed by atoms with Gasteiger partial charge in [-0.05, 0) is 33.8 Å². The van der Waals surface area contributed by atoms with Gasteiger partial charge in [-0.1, -0.05) is 0 Å². The fourth-order valence-corrected chi connectivity index (χ4v) is 3.20. The highest BCUT2D eigenvalue weighted by Crippen LogP contribution is 2.36. The molecule has 0 aliphatic carbocycles. The van der Waals surface area contributed by atoms with E-state index >= 15 is 0 Å². The summed E-state index contributed by atoms with van der Waals surface area (Å²) in [4.78, 5) is 28.7. The lowest BCUT2D eigenvalue weighted by atomic mass is 9.86. The van der Waals surface area contributed by atoms with Crippen molar-refractivity contribution in [2.24, 2.45) is 0 Å². The van der Waals surface area contributed by atoms with Crippen molar-refractivity contribution in [2.45, 2.75) is 76.5 Å². The lowest BCUT2D eigenvalue weighted by molar-refractivity contribution is -0.245. The number of hydrazine groups is 1. The molecule has 0 radical (unpaired) electrons. The first-order chi connectivity index (χ1) is 12.7. The molecule has 0 aromatic carbocycles. The number of nitrogens with zero attached hydrogens (tertiary/aromatic N) is 1. The highest BCUT2D eigenvalue weighted by atomic mass is 16.7. The van der Waals surface area contributed by atoms with Crippen LogP contribution in [0.4, 0.5) is 0 Å². The predicted molar refractivity (Wildman–Crippen MR) is 96.9 cm³/mol. The highest BCUT2D eigenvalue weighted by Gasteiger charge is 2.44. The Balaban J connectivity index is 2.80. The highest BCUT2D eigenvalue weighted by molar-refractivity contribution is 5.80. The molecule has 0 aromatic rings. The van der Waals surface area contributed by atoms with Crippen LogP contribution in [0.3, 0.4) is 0 Å². The summed E-state index contributed by atoms with van der Waals surface area (Å²) in [7, 11) is 0. The molecule has 1 aliphatic rings. The van der Waals surface area contributed by atoms with Crippen LogP contribution in [0.1, 0.15) is 41.0 Å². The minimum Gasteiger partial charge on any atom is -0.394 e. The summed E-state index contributed by atoms with van der Waals surface area (Å²) < 4.78 is 0. The van der Waals surface area contributed by atoms with Gasteiger partial charge in [0.1, 0.15) is 18.3 Å². The number of aliphatic hydroxyl groups excluding tert-OH is 5. The number of hydrogen-bond acceptors (Lipinski definition) is 10. The molecular formula is C17H31N3O8. The molecule has 7 N–H and O–H groups in total. The maximum atomic E-state index is 12.0. The molecule has 1 amide bonds. The average molecular weight is 405 g/mol. The molecule has 0 saturated carbocycles. The Morgan fingerprint density at radius 3 is 2.21 bits per heavy atom. The first-order valence-electron chi connectivity index (χ1n) is 8.82. The summed E-state index contributed by atoms with van der Waals surface area (Å²) in [5.74, 6) is -1.50. The molecular weight excluding hydrogens is 374 g/mol. The van der Waals surface area contributed by atoms with Crippen LogP contribution in [0.15, 0.2) is 11.8 Å². The van der Waals surface area contributed by atoms with Gasteiger partial charge in [-0.25, -0.2) is 0 Å². The van der Waals surface area contributed by atoms with E-state index < -0.39 is 54.0 Å². The maximum absolute atomic E-state index is 12.0. The Kier molecular flexibility index (Phi) is 7.94. The summed E-state index contributed by atoms with van der Waals surface area (Å²) in [5, 5.41) is 48.8. The molecule has 0 aromatic heterocycles. The molecule has 0 fully saturated rings. The SMILES string of the molecule is CC(=O)ON1C(C)(C)C=C(NNC(=O)C(O)C(O)C(O)C(O)CO)CC1(C)C. The molecule has 1 rings (SSSR count). The molecule has 28 heavy (non-hydrogen) atoms. The van der Waals surface area contributed by atoms with Crippen molar-refractivity contribution >= 4 is 11.9 Å². The Hall–Kier alpha value is -1.76. The van der Waals surface area contributed by atoms with Gasteiger partial charge in [0.15, 0.2) is 6.10 Å². The van der Waals surface area contributed by atoms with Crippen molar-refractivity contribution in [3.63, 3.8) is 0 Å².